The minimum atomic E-state index is -3.88. The van der Waals surface area contributed by atoms with Gasteiger partial charge in [0.1, 0.15) is 0 Å². The van der Waals surface area contributed by atoms with Gasteiger partial charge in [-0.3, -0.25) is 9.59 Å². The van der Waals surface area contributed by atoms with Crippen LogP contribution >= 0.6 is 0 Å². The second-order valence-electron chi connectivity index (χ2n) is 7.01. The summed E-state index contributed by atoms with van der Waals surface area (Å²) in [5.74, 6) is 0.241. The van der Waals surface area contributed by atoms with Crippen LogP contribution in [-0.4, -0.2) is 34.5 Å². The first-order chi connectivity index (χ1) is 16.2. The SMILES string of the molecule is COc1cccc(/C=C/C(=O)Nc2ccc(C(=O)Nc3cccc(S(N)(=O)=O)c3)cc2)c1OC. The minimum Gasteiger partial charge on any atom is -0.493 e. The van der Waals surface area contributed by atoms with Crippen LogP contribution in [0.1, 0.15) is 15.9 Å². The number of amides is 2. The summed E-state index contributed by atoms with van der Waals surface area (Å²) < 4.78 is 33.5. The van der Waals surface area contributed by atoms with Crippen LogP contribution in [0, 0.1) is 0 Å². The first-order valence-electron chi connectivity index (χ1n) is 9.95. The van der Waals surface area contributed by atoms with Crippen molar-refractivity contribution in [3.8, 4) is 11.5 Å². The molecule has 0 saturated carbocycles. The average molecular weight is 482 g/mol. The number of nitrogens with one attached hydrogen (secondary N) is 2. The van der Waals surface area contributed by atoms with E-state index in [1.54, 1.807) is 42.5 Å². The normalized spacial score (nSPS) is 11.1. The van der Waals surface area contributed by atoms with Crippen LogP contribution in [0.2, 0.25) is 0 Å². The van der Waals surface area contributed by atoms with Gasteiger partial charge in [-0.2, -0.15) is 0 Å². The Bertz CT molecular complexity index is 1340. The van der Waals surface area contributed by atoms with E-state index >= 15 is 0 Å². The third kappa shape index (κ3) is 6.21. The van der Waals surface area contributed by atoms with Crippen molar-refractivity contribution >= 4 is 39.3 Å². The fourth-order valence-corrected chi connectivity index (χ4v) is 3.61. The average Bonchev–Trinajstić information content (AvgIpc) is 2.82. The van der Waals surface area contributed by atoms with Gasteiger partial charge in [-0.25, -0.2) is 13.6 Å². The number of methoxy groups -OCH3 is 2. The molecule has 0 fully saturated rings. The molecule has 3 aromatic carbocycles. The number of anilines is 2. The molecule has 0 heterocycles. The zero-order valence-corrected chi connectivity index (χ0v) is 19.3. The van der Waals surface area contributed by atoms with Gasteiger partial charge < -0.3 is 20.1 Å². The van der Waals surface area contributed by atoms with Crippen molar-refractivity contribution in [1.82, 2.24) is 0 Å². The number of rotatable bonds is 8. The largest absolute Gasteiger partial charge is 0.493 e. The minimum absolute atomic E-state index is 0.108. The number of benzene rings is 3. The van der Waals surface area contributed by atoms with E-state index in [-0.39, 0.29) is 16.5 Å². The Labute approximate surface area is 197 Å². The molecule has 0 aliphatic rings. The molecule has 0 aromatic heterocycles. The number of nitrogens with two attached hydrogens (primary N) is 1. The number of hydrogen-bond acceptors (Lipinski definition) is 6. The zero-order chi connectivity index (χ0) is 24.7. The molecule has 0 radical (unpaired) electrons. The van der Waals surface area contributed by atoms with Crippen LogP contribution in [0.15, 0.2) is 77.7 Å². The maximum Gasteiger partial charge on any atom is 0.255 e. The van der Waals surface area contributed by atoms with Crippen molar-refractivity contribution in [1.29, 1.82) is 0 Å². The molecule has 0 unspecified atom stereocenters. The predicted octanol–water partition coefficient (Wildman–Crippen LogP) is 3.26. The van der Waals surface area contributed by atoms with Crippen LogP contribution in [0.5, 0.6) is 11.5 Å². The fourth-order valence-electron chi connectivity index (χ4n) is 3.05. The molecule has 176 valence electrons. The summed E-state index contributed by atoms with van der Waals surface area (Å²) >= 11 is 0. The highest BCUT2D eigenvalue weighted by atomic mass is 32.2. The van der Waals surface area contributed by atoms with E-state index in [1.807, 2.05) is 0 Å². The highest BCUT2D eigenvalue weighted by Crippen LogP contribution is 2.31. The smallest absolute Gasteiger partial charge is 0.255 e. The summed E-state index contributed by atoms with van der Waals surface area (Å²) in [4.78, 5) is 24.7. The second kappa shape index (κ2) is 10.6. The van der Waals surface area contributed by atoms with Crippen LogP contribution in [-0.2, 0) is 14.8 Å². The van der Waals surface area contributed by atoms with Crippen LogP contribution < -0.4 is 25.2 Å². The molecule has 0 aliphatic heterocycles. The number of ether oxygens (including phenoxy) is 2. The Morgan fingerprint density at radius 1 is 0.882 bits per heavy atom. The number of hydrogen-bond donors (Lipinski definition) is 3. The lowest BCUT2D eigenvalue weighted by Gasteiger charge is -2.10. The van der Waals surface area contributed by atoms with E-state index < -0.39 is 15.9 Å². The Morgan fingerprint density at radius 3 is 2.24 bits per heavy atom. The molecule has 0 aliphatic carbocycles. The third-order valence-corrected chi connectivity index (χ3v) is 5.59. The van der Waals surface area contributed by atoms with Gasteiger partial charge in [0, 0.05) is 28.6 Å². The topological polar surface area (TPSA) is 137 Å². The number of carbonyl (C=O) groups excluding carboxylic acids is 2. The molecule has 0 saturated heterocycles. The summed E-state index contributed by atoms with van der Waals surface area (Å²) in [6.07, 6.45) is 2.96. The number of primary sulfonamides is 1. The monoisotopic (exact) mass is 481 g/mol. The summed E-state index contributed by atoms with van der Waals surface area (Å²) in [5.41, 5.74) is 1.76. The number of para-hydroxylation sites is 1. The van der Waals surface area contributed by atoms with E-state index in [1.165, 1.54) is 50.6 Å². The van der Waals surface area contributed by atoms with Gasteiger partial charge in [-0.05, 0) is 54.6 Å². The van der Waals surface area contributed by atoms with Gasteiger partial charge in [-0.1, -0.05) is 18.2 Å². The molecule has 10 heteroatoms. The molecule has 3 rings (SSSR count). The van der Waals surface area contributed by atoms with E-state index in [0.717, 1.165) is 0 Å². The Hall–Kier alpha value is -4.15. The third-order valence-electron chi connectivity index (χ3n) is 4.68. The molecule has 2 amide bonds. The van der Waals surface area contributed by atoms with Crippen molar-refractivity contribution in [2.45, 2.75) is 4.90 Å². The van der Waals surface area contributed by atoms with Crippen molar-refractivity contribution in [2.24, 2.45) is 5.14 Å². The van der Waals surface area contributed by atoms with Gasteiger partial charge in [-0.15, -0.1) is 0 Å². The van der Waals surface area contributed by atoms with Gasteiger partial charge in [0.05, 0.1) is 19.1 Å². The summed E-state index contributed by atoms with van der Waals surface area (Å²) in [6.45, 7) is 0. The molecular weight excluding hydrogens is 458 g/mol. The van der Waals surface area contributed by atoms with Gasteiger partial charge >= 0.3 is 0 Å². The highest BCUT2D eigenvalue weighted by molar-refractivity contribution is 7.89. The molecule has 9 nitrogen and oxygen atoms in total. The second-order valence-corrected chi connectivity index (χ2v) is 8.57. The molecule has 4 N–H and O–H groups in total. The van der Waals surface area contributed by atoms with Crippen LogP contribution in [0.3, 0.4) is 0 Å². The molecule has 34 heavy (non-hydrogen) atoms. The van der Waals surface area contributed by atoms with E-state index in [9.17, 15) is 18.0 Å². The van der Waals surface area contributed by atoms with Crippen molar-refractivity contribution in [2.75, 3.05) is 24.9 Å². The van der Waals surface area contributed by atoms with Gasteiger partial charge in [0.2, 0.25) is 15.9 Å². The molecular formula is C24H23N3O6S. The summed E-state index contributed by atoms with van der Waals surface area (Å²) in [7, 11) is -0.834. The maximum atomic E-state index is 12.5. The lowest BCUT2D eigenvalue weighted by atomic mass is 10.1. The van der Waals surface area contributed by atoms with Crippen molar-refractivity contribution in [3.63, 3.8) is 0 Å². The Morgan fingerprint density at radius 2 is 1.59 bits per heavy atom. The zero-order valence-electron chi connectivity index (χ0n) is 18.4. The number of carbonyl (C=O) groups is 2. The number of sulfonamides is 1. The molecule has 0 spiro atoms. The maximum absolute atomic E-state index is 12.5. The highest BCUT2D eigenvalue weighted by Gasteiger charge is 2.11. The van der Waals surface area contributed by atoms with Gasteiger partial charge in [0.25, 0.3) is 5.91 Å². The molecule has 0 atom stereocenters. The fraction of sp³-hybridized carbons (Fsp3) is 0.0833. The molecule has 3 aromatic rings. The standard InChI is InChI=1S/C24H23N3O6S/c1-32-21-8-3-5-16(23(21)33-2)11-14-22(28)26-18-12-9-17(10-13-18)24(29)27-19-6-4-7-20(15-19)34(25,30)31/h3-15H,1-2H3,(H,26,28)(H,27,29)(H2,25,30,31)/b14-11+. The predicted molar refractivity (Wildman–Crippen MR) is 129 cm³/mol. The Balaban J connectivity index is 1.64. The van der Waals surface area contributed by atoms with Crippen molar-refractivity contribution in [3.05, 3.63) is 83.9 Å². The quantitative estimate of drug-likeness (QED) is 0.423. The van der Waals surface area contributed by atoms with E-state index in [2.05, 4.69) is 10.6 Å². The lowest BCUT2D eigenvalue weighted by Crippen LogP contribution is -2.15. The van der Waals surface area contributed by atoms with Gasteiger partial charge in [0.15, 0.2) is 11.5 Å². The Kier molecular flexibility index (Phi) is 7.67. The summed E-state index contributed by atoms with van der Waals surface area (Å²) in [5, 5.41) is 10.4. The first-order valence-corrected chi connectivity index (χ1v) is 11.5. The van der Waals surface area contributed by atoms with Crippen LogP contribution in [0.25, 0.3) is 6.08 Å². The van der Waals surface area contributed by atoms with E-state index in [0.29, 0.717) is 28.3 Å². The summed E-state index contributed by atoms with van der Waals surface area (Å²) in [6, 6.07) is 17.2. The van der Waals surface area contributed by atoms with E-state index in [4.69, 9.17) is 14.6 Å². The van der Waals surface area contributed by atoms with Crippen molar-refractivity contribution < 1.29 is 27.5 Å². The first kappa shape index (κ1) is 24.5. The van der Waals surface area contributed by atoms with Crippen LogP contribution in [0.4, 0.5) is 11.4 Å². The lowest BCUT2D eigenvalue weighted by molar-refractivity contribution is -0.111. The molecule has 0 bridgehead atoms.